The lowest BCUT2D eigenvalue weighted by Gasteiger charge is -2.26. The van der Waals surface area contributed by atoms with Gasteiger partial charge in [0.2, 0.25) is 0 Å². The Labute approximate surface area is 173 Å². The van der Waals surface area contributed by atoms with E-state index in [2.05, 4.69) is 14.9 Å². The Bertz CT molecular complexity index is 778. The topological polar surface area (TPSA) is 72.1 Å². The summed E-state index contributed by atoms with van der Waals surface area (Å²) in [6.45, 7) is 5.45. The van der Waals surface area contributed by atoms with Crippen LogP contribution >= 0.6 is 23.3 Å². The van der Waals surface area contributed by atoms with Crippen molar-refractivity contribution in [3.63, 3.8) is 0 Å². The predicted molar refractivity (Wildman–Crippen MR) is 114 cm³/mol. The molecule has 9 heteroatoms. The van der Waals surface area contributed by atoms with E-state index in [1.807, 2.05) is 29.6 Å². The number of carbonyl (C=O) groups is 1. The van der Waals surface area contributed by atoms with Crippen molar-refractivity contribution in [2.45, 2.75) is 4.90 Å². The first-order valence-electron chi connectivity index (χ1n) is 9.02. The van der Waals surface area contributed by atoms with Crippen LogP contribution in [0.5, 0.6) is 5.75 Å². The fourth-order valence-corrected chi connectivity index (χ4v) is 4.56. The highest BCUT2D eigenvalue weighted by Gasteiger charge is 2.15. The van der Waals surface area contributed by atoms with Crippen molar-refractivity contribution in [1.82, 2.24) is 4.90 Å². The van der Waals surface area contributed by atoms with Gasteiger partial charge >= 0.3 is 5.97 Å². The summed E-state index contributed by atoms with van der Waals surface area (Å²) in [4.78, 5) is 15.6. The fourth-order valence-electron chi connectivity index (χ4n) is 2.80. The molecular formula is C19H25N3O4S2. The zero-order chi connectivity index (χ0) is 19.8. The van der Waals surface area contributed by atoms with Gasteiger partial charge in [-0.1, -0.05) is 0 Å². The van der Waals surface area contributed by atoms with Crippen LogP contribution in [0.1, 0.15) is 9.67 Å². The first-order valence-corrected chi connectivity index (χ1v) is 10.7. The van der Waals surface area contributed by atoms with E-state index in [1.54, 1.807) is 7.11 Å². The first-order chi connectivity index (χ1) is 13.7. The molecule has 0 aliphatic carbocycles. The number of methoxy groups -OCH3 is 2. The van der Waals surface area contributed by atoms with E-state index < -0.39 is 0 Å². The average molecular weight is 424 g/mol. The van der Waals surface area contributed by atoms with Gasteiger partial charge in [0.1, 0.15) is 10.6 Å². The summed E-state index contributed by atoms with van der Waals surface area (Å²) in [5, 5.41) is 5.31. The second-order valence-electron chi connectivity index (χ2n) is 6.11. The molecule has 1 saturated heterocycles. The molecule has 1 aromatic heterocycles. The summed E-state index contributed by atoms with van der Waals surface area (Å²) in [6, 6.07) is 7.84. The number of ether oxygens (including phenoxy) is 3. The molecule has 0 atom stereocenters. The maximum Gasteiger partial charge on any atom is 0.349 e. The van der Waals surface area contributed by atoms with E-state index in [0.29, 0.717) is 4.88 Å². The summed E-state index contributed by atoms with van der Waals surface area (Å²) in [5.74, 6) is 0.407. The molecule has 1 aliphatic rings. The molecule has 0 unspecified atom stereocenters. The van der Waals surface area contributed by atoms with Crippen LogP contribution in [-0.2, 0) is 9.47 Å². The number of esters is 1. The van der Waals surface area contributed by atoms with E-state index in [4.69, 9.17) is 14.2 Å². The van der Waals surface area contributed by atoms with Crippen LogP contribution in [0.15, 0.2) is 34.5 Å². The molecule has 7 nitrogen and oxygen atoms in total. The van der Waals surface area contributed by atoms with Gasteiger partial charge in [-0.15, -0.1) is 11.3 Å². The van der Waals surface area contributed by atoms with Gasteiger partial charge in [-0.2, -0.15) is 0 Å². The first kappa shape index (κ1) is 20.8. The molecule has 3 rings (SSSR count). The zero-order valence-electron chi connectivity index (χ0n) is 16.0. The summed E-state index contributed by atoms with van der Waals surface area (Å²) >= 11 is 2.73. The number of rotatable bonds is 9. The fraction of sp³-hybridized carbons (Fsp3) is 0.421. The molecule has 2 aromatic rings. The van der Waals surface area contributed by atoms with Crippen molar-refractivity contribution in [3.8, 4) is 5.75 Å². The van der Waals surface area contributed by atoms with Crippen LogP contribution in [0.3, 0.4) is 0 Å². The van der Waals surface area contributed by atoms with Crippen molar-refractivity contribution in [1.29, 1.82) is 0 Å². The van der Waals surface area contributed by atoms with Crippen LogP contribution < -0.4 is 14.8 Å². The van der Waals surface area contributed by atoms with Gasteiger partial charge in [0.25, 0.3) is 0 Å². The summed E-state index contributed by atoms with van der Waals surface area (Å²) in [5.41, 5.74) is 1.85. The molecule has 0 amide bonds. The molecular weight excluding hydrogens is 398 g/mol. The molecule has 0 bridgehead atoms. The Hall–Kier alpha value is -1.94. The Morgan fingerprint density at radius 1 is 1.29 bits per heavy atom. The van der Waals surface area contributed by atoms with Crippen molar-refractivity contribution < 1.29 is 19.0 Å². The standard InChI is InChI=1S/C19H25N3O4S2/c1-24-16-13-14(20-6-7-22-8-10-26-11-9-22)3-4-15(16)21-28-17-5-12-27-18(17)19(23)25-2/h3-5,12-13,20-21H,6-11H2,1-2H3. The number of benzene rings is 1. The van der Waals surface area contributed by atoms with Crippen molar-refractivity contribution >= 4 is 40.6 Å². The smallest absolute Gasteiger partial charge is 0.349 e. The third-order valence-electron chi connectivity index (χ3n) is 4.33. The Morgan fingerprint density at radius 3 is 2.86 bits per heavy atom. The molecule has 28 heavy (non-hydrogen) atoms. The lowest BCUT2D eigenvalue weighted by molar-refractivity contribution is 0.0398. The van der Waals surface area contributed by atoms with E-state index in [-0.39, 0.29) is 5.97 Å². The minimum atomic E-state index is -0.328. The van der Waals surface area contributed by atoms with Gasteiger partial charge in [0, 0.05) is 37.9 Å². The number of hydrogen-bond acceptors (Lipinski definition) is 9. The zero-order valence-corrected chi connectivity index (χ0v) is 17.7. The highest BCUT2D eigenvalue weighted by Crippen LogP contribution is 2.34. The van der Waals surface area contributed by atoms with Crippen molar-refractivity contribution in [2.24, 2.45) is 0 Å². The number of carbonyl (C=O) groups excluding carboxylic acids is 1. The summed E-state index contributed by atoms with van der Waals surface area (Å²) < 4.78 is 19.0. The van der Waals surface area contributed by atoms with Crippen LogP contribution in [0.2, 0.25) is 0 Å². The third kappa shape index (κ3) is 5.54. The Balaban J connectivity index is 1.55. The predicted octanol–water partition coefficient (Wildman–Crippen LogP) is 3.41. The second kappa shape index (κ2) is 10.6. The van der Waals surface area contributed by atoms with Crippen LogP contribution in [0, 0.1) is 0 Å². The molecule has 1 aromatic carbocycles. The third-order valence-corrected chi connectivity index (χ3v) is 6.24. The van der Waals surface area contributed by atoms with Gasteiger partial charge in [-0.05, 0) is 35.5 Å². The van der Waals surface area contributed by atoms with Crippen molar-refractivity contribution in [2.75, 3.05) is 63.7 Å². The molecule has 1 fully saturated rings. The molecule has 2 heterocycles. The minimum absolute atomic E-state index is 0.328. The minimum Gasteiger partial charge on any atom is -0.494 e. The van der Waals surface area contributed by atoms with Crippen LogP contribution in [-0.4, -0.2) is 64.5 Å². The highest BCUT2D eigenvalue weighted by molar-refractivity contribution is 8.00. The average Bonchev–Trinajstić information content (AvgIpc) is 3.21. The summed E-state index contributed by atoms with van der Waals surface area (Å²) in [6.07, 6.45) is 0. The normalized spacial score (nSPS) is 14.5. The lowest BCUT2D eigenvalue weighted by Crippen LogP contribution is -2.38. The van der Waals surface area contributed by atoms with Gasteiger partial charge in [0.05, 0.1) is 38.0 Å². The number of morpholine rings is 1. The second-order valence-corrected chi connectivity index (χ2v) is 7.87. The monoisotopic (exact) mass is 423 g/mol. The SMILES string of the molecule is COC(=O)c1sccc1SNc1ccc(NCCN2CCOCC2)cc1OC. The molecule has 0 radical (unpaired) electrons. The van der Waals surface area contributed by atoms with Gasteiger partial charge < -0.3 is 24.2 Å². The van der Waals surface area contributed by atoms with E-state index in [0.717, 1.165) is 61.4 Å². The van der Waals surface area contributed by atoms with E-state index in [1.165, 1.54) is 30.4 Å². The maximum absolute atomic E-state index is 11.8. The van der Waals surface area contributed by atoms with Gasteiger partial charge in [0.15, 0.2) is 0 Å². The molecule has 0 saturated carbocycles. The molecule has 1 aliphatic heterocycles. The van der Waals surface area contributed by atoms with Crippen LogP contribution in [0.25, 0.3) is 0 Å². The largest absolute Gasteiger partial charge is 0.494 e. The number of thiophene rings is 1. The van der Waals surface area contributed by atoms with E-state index >= 15 is 0 Å². The quantitative estimate of drug-likeness (QED) is 0.470. The maximum atomic E-state index is 11.8. The Kier molecular flexibility index (Phi) is 7.84. The van der Waals surface area contributed by atoms with Gasteiger partial charge in [-0.3, -0.25) is 4.90 Å². The molecule has 152 valence electrons. The number of nitrogens with one attached hydrogen (secondary N) is 2. The lowest BCUT2D eigenvalue weighted by atomic mass is 10.2. The molecule has 0 spiro atoms. The highest BCUT2D eigenvalue weighted by atomic mass is 32.2. The van der Waals surface area contributed by atoms with Gasteiger partial charge in [-0.25, -0.2) is 4.79 Å². The number of nitrogens with zero attached hydrogens (tertiary/aromatic N) is 1. The van der Waals surface area contributed by atoms with Crippen LogP contribution in [0.4, 0.5) is 11.4 Å². The Morgan fingerprint density at radius 2 is 2.11 bits per heavy atom. The number of hydrogen-bond donors (Lipinski definition) is 2. The van der Waals surface area contributed by atoms with Crippen molar-refractivity contribution in [3.05, 3.63) is 34.5 Å². The molecule has 2 N–H and O–H groups in total. The van der Waals surface area contributed by atoms with E-state index in [9.17, 15) is 4.79 Å². The number of anilines is 2. The summed E-state index contributed by atoms with van der Waals surface area (Å²) in [7, 11) is 3.03.